The van der Waals surface area contributed by atoms with Gasteiger partial charge in [0.2, 0.25) is 0 Å². The van der Waals surface area contributed by atoms with Gasteiger partial charge in [0.15, 0.2) is 5.75 Å². The topological polar surface area (TPSA) is 59.3 Å². The van der Waals surface area contributed by atoms with E-state index >= 15 is 0 Å². The second kappa shape index (κ2) is 5.51. The predicted molar refractivity (Wildman–Crippen MR) is 74.3 cm³/mol. The molecule has 0 aromatic carbocycles. The van der Waals surface area contributed by atoms with Crippen molar-refractivity contribution in [3.05, 3.63) is 11.9 Å². The van der Waals surface area contributed by atoms with E-state index in [2.05, 4.69) is 31.2 Å². The summed E-state index contributed by atoms with van der Waals surface area (Å²) in [5.41, 5.74) is -0.0232. The van der Waals surface area contributed by atoms with Crippen molar-refractivity contribution in [1.82, 2.24) is 15.1 Å². The van der Waals surface area contributed by atoms with Crippen LogP contribution in [0.25, 0.3) is 0 Å². The fraction of sp³-hybridized carbons (Fsp3) is 0.786. The summed E-state index contributed by atoms with van der Waals surface area (Å²) in [4.78, 5) is 0. The smallest absolute Gasteiger partial charge is 0.162 e. The van der Waals surface area contributed by atoms with Crippen molar-refractivity contribution in [3.8, 4) is 5.75 Å². The van der Waals surface area contributed by atoms with Crippen LogP contribution in [0.5, 0.6) is 5.75 Å². The van der Waals surface area contributed by atoms with Crippen LogP contribution >= 0.6 is 0 Å². The summed E-state index contributed by atoms with van der Waals surface area (Å²) in [5.74, 6) is 0.876. The molecule has 2 heterocycles. The molecule has 0 saturated carbocycles. The van der Waals surface area contributed by atoms with Crippen molar-refractivity contribution >= 4 is 0 Å². The number of hydrogen-bond acceptors (Lipinski definition) is 4. The Bertz CT molecular complexity index is 430. The maximum Gasteiger partial charge on any atom is 0.162 e. The fourth-order valence-corrected chi connectivity index (χ4v) is 3.02. The number of ether oxygens (including phenoxy) is 1. The summed E-state index contributed by atoms with van der Waals surface area (Å²) in [6.07, 6.45) is 3.33. The highest BCUT2D eigenvalue weighted by Gasteiger charge is 2.44. The first-order chi connectivity index (χ1) is 9.04. The number of nitrogens with one attached hydrogen (secondary N) is 1. The first kappa shape index (κ1) is 14.3. The Kier molecular flexibility index (Phi) is 4.16. The van der Waals surface area contributed by atoms with E-state index in [0.717, 1.165) is 25.2 Å². The third kappa shape index (κ3) is 2.37. The van der Waals surface area contributed by atoms with Crippen molar-refractivity contribution in [2.24, 2.45) is 5.92 Å². The highest BCUT2D eigenvalue weighted by molar-refractivity contribution is 5.32. The van der Waals surface area contributed by atoms with E-state index in [9.17, 15) is 5.11 Å². The molecule has 5 nitrogen and oxygen atoms in total. The van der Waals surface area contributed by atoms with Gasteiger partial charge in [-0.15, -0.1) is 0 Å². The van der Waals surface area contributed by atoms with Gasteiger partial charge in [-0.25, -0.2) is 0 Å². The molecule has 1 aliphatic heterocycles. The van der Waals surface area contributed by atoms with Crippen molar-refractivity contribution in [2.75, 3.05) is 20.2 Å². The van der Waals surface area contributed by atoms with Crippen LogP contribution in [-0.2, 0) is 5.60 Å². The van der Waals surface area contributed by atoms with E-state index in [1.165, 1.54) is 0 Å². The van der Waals surface area contributed by atoms with E-state index in [1.54, 1.807) is 13.3 Å². The van der Waals surface area contributed by atoms with Gasteiger partial charge in [-0.3, -0.25) is 4.68 Å². The minimum absolute atomic E-state index is 0.185. The molecule has 1 aromatic heterocycles. The van der Waals surface area contributed by atoms with Gasteiger partial charge >= 0.3 is 0 Å². The zero-order chi connectivity index (χ0) is 14.0. The Morgan fingerprint density at radius 3 is 2.95 bits per heavy atom. The quantitative estimate of drug-likeness (QED) is 0.871. The molecule has 2 unspecified atom stereocenters. The van der Waals surface area contributed by atoms with Crippen molar-refractivity contribution in [2.45, 2.75) is 45.3 Å². The first-order valence-corrected chi connectivity index (χ1v) is 7.09. The summed E-state index contributed by atoms with van der Waals surface area (Å²) in [6.45, 7) is 7.91. The lowest BCUT2D eigenvalue weighted by Crippen LogP contribution is -2.49. The van der Waals surface area contributed by atoms with Crippen LogP contribution < -0.4 is 10.1 Å². The molecule has 1 saturated heterocycles. The second-order valence-electron chi connectivity index (χ2n) is 5.58. The van der Waals surface area contributed by atoms with Gasteiger partial charge in [-0.1, -0.05) is 6.92 Å². The molecule has 2 rings (SSSR count). The Hall–Kier alpha value is -1.07. The van der Waals surface area contributed by atoms with Crippen molar-refractivity contribution < 1.29 is 9.84 Å². The van der Waals surface area contributed by atoms with E-state index in [-0.39, 0.29) is 12.0 Å². The summed E-state index contributed by atoms with van der Waals surface area (Å²) < 4.78 is 7.32. The van der Waals surface area contributed by atoms with Gasteiger partial charge in [0, 0.05) is 18.5 Å². The lowest BCUT2D eigenvalue weighted by molar-refractivity contribution is -0.0571. The van der Waals surface area contributed by atoms with Gasteiger partial charge in [-0.2, -0.15) is 5.10 Å². The molecule has 5 heteroatoms. The summed E-state index contributed by atoms with van der Waals surface area (Å²) in [5, 5.41) is 19.0. The molecule has 108 valence electrons. The molecule has 0 aliphatic carbocycles. The lowest BCUT2D eigenvalue weighted by Gasteiger charge is -2.41. The second-order valence-corrected chi connectivity index (χ2v) is 5.58. The highest BCUT2D eigenvalue weighted by atomic mass is 16.5. The molecule has 0 radical (unpaired) electrons. The predicted octanol–water partition coefficient (Wildman–Crippen LogP) is 1.68. The summed E-state index contributed by atoms with van der Waals surface area (Å²) in [6, 6.07) is 0.204. The molecular formula is C14H25N3O2. The van der Waals surface area contributed by atoms with Gasteiger partial charge in [-0.05, 0) is 33.2 Å². The number of rotatable bonds is 4. The van der Waals surface area contributed by atoms with Gasteiger partial charge in [0.05, 0.1) is 13.3 Å². The number of aromatic nitrogens is 2. The van der Waals surface area contributed by atoms with Crippen molar-refractivity contribution in [3.63, 3.8) is 0 Å². The van der Waals surface area contributed by atoms with Crippen LogP contribution in [-0.4, -0.2) is 35.1 Å². The maximum atomic E-state index is 11.3. The molecule has 2 N–H and O–H groups in total. The number of methoxy groups -OCH3 is 1. The SMILES string of the molecule is CCC1CNCCC1(O)c1c(OC)cnn1C(C)C. The summed E-state index contributed by atoms with van der Waals surface area (Å²) >= 11 is 0. The van der Waals surface area contributed by atoms with Crippen LogP contribution in [0.1, 0.15) is 45.3 Å². The fourth-order valence-electron chi connectivity index (χ4n) is 3.02. The largest absolute Gasteiger partial charge is 0.493 e. The van der Waals surface area contributed by atoms with Crippen LogP contribution in [0.3, 0.4) is 0 Å². The molecule has 0 spiro atoms. The molecule has 0 bridgehead atoms. The van der Waals surface area contributed by atoms with Gasteiger partial charge in [0.25, 0.3) is 0 Å². The third-order valence-corrected chi connectivity index (χ3v) is 4.12. The normalized spacial score (nSPS) is 27.8. The third-order valence-electron chi connectivity index (χ3n) is 4.12. The monoisotopic (exact) mass is 267 g/mol. The zero-order valence-corrected chi connectivity index (χ0v) is 12.3. The Morgan fingerprint density at radius 2 is 2.37 bits per heavy atom. The number of hydrogen-bond donors (Lipinski definition) is 2. The van der Waals surface area contributed by atoms with Crippen LogP contribution in [0.15, 0.2) is 6.20 Å². The Balaban J connectivity index is 2.50. The Labute approximate surface area is 115 Å². The lowest BCUT2D eigenvalue weighted by atomic mass is 9.77. The van der Waals surface area contributed by atoms with Gasteiger partial charge < -0.3 is 15.2 Å². The number of aliphatic hydroxyl groups is 1. The summed E-state index contributed by atoms with van der Waals surface area (Å²) in [7, 11) is 1.64. The van der Waals surface area contributed by atoms with Crippen LogP contribution in [0.2, 0.25) is 0 Å². The molecule has 19 heavy (non-hydrogen) atoms. The van der Waals surface area contributed by atoms with Gasteiger partial charge in [0.1, 0.15) is 11.3 Å². The van der Waals surface area contributed by atoms with E-state index < -0.39 is 5.60 Å². The number of piperidine rings is 1. The number of nitrogens with zero attached hydrogens (tertiary/aromatic N) is 2. The minimum atomic E-state index is -0.855. The Morgan fingerprint density at radius 1 is 1.63 bits per heavy atom. The highest BCUT2D eigenvalue weighted by Crippen LogP contribution is 2.42. The average molecular weight is 267 g/mol. The standard InChI is InChI=1S/C14H25N3O2/c1-5-11-8-15-7-6-14(11,18)13-12(19-4)9-16-17(13)10(2)3/h9-11,15,18H,5-8H2,1-4H3. The zero-order valence-electron chi connectivity index (χ0n) is 12.3. The first-order valence-electron chi connectivity index (χ1n) is 7.09. The molecule has 0 amide bonds. The molecular weight excluding hydrogens is 242 g/mol. The van der Waals surface area contributed by atoms with Crippen LogP contribution in [0.4, 0.5) is 0 Å². The molecule has 1 fully saturated rings. The molecule has 1 aliphatic rings. The van der Waals surface area contributed by atoms with E-state index in [0.29, 0.717) is 12.2 Å². The average Bonchev–Trinajstić information content (AvgIpc) is 2.83. The van der Waals surface area contributed by atoms with Crippen LogP contribution in [0, 0.1) is 5.92 Å². The van der Waals surface area contributed by atoms with E-state index in [1.807, 2.05) is 4.68 Å². The molecule has 2 atom stereocenters. The van der Waals surface area contributed by atoms with E-state index in [4.69, 9.17) is 4.74 Å². The minimum Gasteiger partial charge on any atom is -0.493 e. The maximum absolute atomic E-state index is 11.3. The van der Waals surface area contributed by atoms with Crippen molar-refractivity contribution in [1.29, 1.82) is 0 Å². The molecule has 1 aromatic rings.